The molecule has 0 saturated heterocycles. The van der Waals surface area contributed by atoms with Gasteiger partial charge < -0.3 is 5.11 Å². The van der Waals surface area contributed by atoms with Gasteiger partial charge in [0.05, 0.1) is 6.10 Å². The lowest BCUT2D eigenvalue weighted by molar-refractivity contribution is 0.0647. The van der Waals surface area contributed by atoms with Crippen molar-refractivity contribution in [3.8, 4) is 0 Å². The molecular weight excluding hydrogens is 282 g/mol. The van der Waals surface area contributed by atoms with Crippen LogP contribution in [0.5, 0.6) is 0 Å². The molecule has 0 amide bonds. The summed E-state index contributed by atoms with van der Waals surface area (Å²) < 4.78 is 0. The van der Waals surface area contributed by atoms with E-state index in [4.69, 9.17) is 0 Å². The molecule has 124 valence electrons. The molecule has 0 heterocycles. The summed E-state index contributed by atoms with van der Waals surface area (Å²) in [6, 6.07) is 11.1. The number of aliphatic hydroxyl groups is 1. The van der Waals surface area contributed by atoms with Gasteiger partial charge in [-0.1, -0.05) is 44.2 Å². The second kappa shape index (κ2) is 7.02. The lowest BCUT2D eigenvalue weighted by Gasteiger charge is -2.32. The summed E-state index contributed by atoms with van der Waals surface area (Å²) in [6.07, 6.45) is 4.45. The first-order valence-electron chi connectivity index (χ1n) is 9.12. The largest absolute Gasteiger partial charge is 0.387 e. The van der Waals surface area contributed by atoms with Crippen molar-refractivity contribution in [3.05, 3.63) is 47.0 Å². The van der Waals surface area contributed by atoms with E-state index in [0.717, 1.165) is 25.1 Å². The zero-order valence-electron chi connectivity index (χ0n) is 14.7. The Morgan fingerprint density at radius 3 is 2.39 bits per heavy atom. The van der Waals surface area contributed by atoms with Crippen LogP contribution in [-0.4, -0.2) is 29.1 Å². The molecule has 0 aliphatic heterocycles. The fourth-order valence-electron chi connectivity index (χ4n) is 4.16. The molecule has 0 bridgehead atoms. The normalized spacial score (nSPS) is 17.3. The number of aryl methyl sites for hydroxylation is 2. The van der Waals surface area contributed by atoms with Gasteiger partial charge in [-0.25, -0.2) is 0 Å². The highest BCUT2D eigenvalue weighted by atomic mass is 16.3. The van der Waals surface area contributed by atoms with Crippen LogP contribution in [0.25, 0.3) is 10.8 Å². The average Bonchev–Trinajstić information content (AvgIpc) is 2.61. The second-order valence-corrected chi connectivity index (χ2v) is 6.76. The van der Waals surface area contributed by atoms with Gasteiger partial charge in [0.25, 0.3) is 0 Å². The number of rotatable bonds is 5. The molecule has 3 rings (SSSR count). The number of nitrogens with zero attached hydrogens (tertiary/aromatic N) is 1. The van der Waals surface area contributed by atoms with E-state index in [0.29, 0.717) is 0 Å². The van der Waals surface area contributed by atoms with E-state index < -0.39 is 6.10 Å². The molecule has 0 fully saturated rings. The summed E-state index contributed by atoms with van der Waals surface area (Å²) in [5.41, 5.74) is 4.08. The van der Waals surface area contributed by atoms with Crippen molar-refractivity contribution < 1.29 is 5.11 Å². The van der Waals surface area contributed by atoms with Crippen molar-refractivity contribution in [2.45, 2.75) is 58.6 Å². The molecule has 0 unspecified atom stereocenters. The van der Waals surface area contributed by atoms with Gasteiger partial charge in [-0.2, -0.15) is 0 Å². The Morgan fingerprint density at radius 2 is 1.70 bits per heavy atom. The molecule has 0 radical (unpaired) electrons. The van der Waals surface area contributed by atoms with E-state index in [1.54, 1.807) is 0 Å². The van der Waals surface area contributed by atoms with Gasteiger partial charge in [-0.3, -0.25) is 4.90 Å². The minimum absolute atomic E-state index is 0.134. The number of hydrogen-bond acceptors (Lipinski definition) is 2. The van der Waals surface area contributed by atoms with Gasteiger partial charge in [-0.15, -0.1) is 0 Å². The van der Waals surface area contributed by atoms with Gasteiger partial charge in [0.1, 0.15) is 0 Å². The molecule has 0 saturated carbocycles. The fourth-order valence-corrected chi connectivity index (χ4v) is 4.16. The maximum atomic E-state index is 11.1. The third kappa shape index (κ3) is 3.02. The highest BCUT2D eigenvalue weighted by Gasteiger charge is 2.25. The quantitative estimate of drug-likeness (QED) is 0.880. The Morgan fingerprint density at radius 1 is 1.04 bits per heavy atom. The SMILES string of the molecule is CCN(CC)[C@H](C)[C@H](O)c1cc2c(c3ccccc13)CCCC2. The average molecular weight is 311 g/mol. The first kappa shape index (κ1) is 16.5. The lowest BCUT2D eigenvalue weighted by atomic mass is 9.83. The summed E-state index contributed by atoms with van der Waals surface area (Å²) in [5.74, 6) is 0. The number of hydrogen-bond donors (Lipinski definition) is 1. The molecule has 23 heavy (non-hydrogen) atoms. The predicted molar refractivity (Wildman–Crippen MR) is 97.9 cm³/mol. The first-order valence-corrected chi connectivity index (χ1v) is 9.12. The van der Waals surface area contributed by atoms with Crippen LogP contribution in [0, 0.1) is 0 Å². The maximum Gasteiger partial charge on any atom is 0.0948 e. The molecule has 0 spiro atoms. The van der Waals surface area contributed by atoms with E-state index >= 15 is 0 Å². The Balaban J connectivity index is 2.10. The van der Waals surface area contributed by atoms with Crippen LogP contribution >= 0.6 is 0 Å². The molecule has 2 aromatic rings. The summed E-state index contributed by atoms with van der Waals surface area (Å²) in [7, 11) is 0. The zero-order valence-corrected chi connectivity index (χ0v) is 14.7. The highest BCUT2D eigenvalue weighted by Crippen LogP contribution is 2.35. The van der Waals surface area contributed by atoms with Crippen LogP contribution in [0.4, 0.5) is 0 Å². The van der Waals surface area contributed by atoms with Crippen LogP contribution in [0.2, 0.25) is 0 Å². The summed E-state index contributed by atoms with van der Waals surface area (Å²) in [6.45, 7) is 8.41. The first-order chi connectivity index (χ1) is 11.2. The molecule has 1 aliphatic carbocycles. The lowest BCUT2D eigenvalue weighted by Crippen LogP contribution is -2.37. The van der Waals surface area contributed by atoms with E-state index in [9.17, 15) is 5.11 Å². The van der Waals surface area contributed by atoms with Crippen LogP contribution in [0.3, 0.4) is 0 Å². The van der Waals surface area contributed by atoms with Crippen LogP contribution in [0.1, 0.15) is 56.4 Å². The number of aliphatic hydroxyl groups excluding tert-OH is 1. The Labute approximate surface area is 140 Å². The number of benzene rings is 2. The van der Waals surface area contributed by atoms with Crippen molar-refractivity contribution in [1.29, 1.82) is 0 Å². The van der Waals surface area contributed by atoms with Crippen LogP contribution in [-0.2, 0) is 12.8 Å². The minimum atomic E-state index is -0.438. The summed E-state index contributed by atoms with van der Waals surface area (Å²) in [4.78, 5) is 2.33. The summed E-state index contributed by atoms with van der Waals surface area (Å²) >= 11 is 0. The molecule has 2 aromatic carbocycles. The molecule has 0 aromatic heterocycles. The van der Waals surface area contributed by atoms with E-state index in [2.05, 4.69) is 56.0 Å². The van der Waals surface area contributed by atoms with Crippen molar-refractivity contribution in [1.82, 2.24) is 4.90 Å². The monoisotopic (exact) mass is 311 g/mol. The van der Waals surface area contributed by atoms with Crippen LogP contribution in [0.15, 0.2) is 30.3 Å². The smallest absolute Gasteiger partial charge is 0.0948 e. The molecule has 2 heteroatoms. The van der Waals surface area contributed by atoms with Crippen molar-refractivity contribution in [2.75, 3.05) is 13.1 Å². The zero-order chi connectivity index (χ0) is 16.4. The third-order valence-electron chi connectivity index (χ3n) is 5.57. The fraction of sp³-hybridized carbons (Fsp3) is 0.524. The molecule has 2 nitrogen and oxygen atoms in total. The van der Waals surface area contributed by atoms with Crippen molar-refractivity contribution in [3.63, 3.8) is 0 Å². The Bertz CT molecular complexity index is 675. The minimum Gasteiger partial charge on any atom is -0.387 e. The standard InChI is InChI=1S/C21H29NO/c1-4-22(5-2)15(3)21(23)20-14-16-10-6-7-11-17(16)18-12-8-9-13-19(18)20/h8-9,12-15,21,23H,4-7,10-11H2,1-3H3/t15-,21+/m1/s1. The van der Waals surface area contributed by atoms with Gasteiger partial charge in [0, 0.05) is 6.04 Å². The van der Waals surface area contributed by atoms with Crippen LogP contribution < -0.4 is 0 Å². The number of fused-ring (bicyclic) bond motifs is 3. The molecule has 1 N–H and O–H groups in total. The van der Waals surface area contributed by atoms with E-state index in [1.165, 1.54) is 41.2 Å². The topological polar surface area (TPSA) is 23.5 Å². The molecule has 1 aliphatic rings. The highest BCUT2D eigenvalue weighted by molar-refractivity contribution is 5.90. The van der Waals surface area contributed by atoms with Crippen molar-refractivity contribution in [2.24, 2.45) is 0 Å². The second-order valence-electron chi connectivity index (χ2n) is 6.76. The molecule has 2 atom stereocenters. The summed E-state index contributed by atoms with van der Waals surface area (Å²) in [5, 5.41) is 13.7. The van der Waals surface area contributed by atoms with Crippen molar-refractivity contribution >= 4 is 10.8 Å². The van der Waals surface area contributed by atoms with Gasteiger partial charge in [0.2, 0.25) is 0 Å². The van der Waals surface area contributed by atoms with E-state index in [1.807, 2.05) is 0 Å². The van der Waals surface area contributed by atoms with Gasteiger partial charge in [0.15, 0.2) is 0 Å². The number of likely N-dealkylation sites (N-methyl/N-ethyl adjacent to an activating group) is 1. The predicted octanol–water partition coefficient (Wildman–Crippen LogP) is 4.48. The Kier molecular flexibility index (Phi) is 5.03. The Hall–Kier alpha value is -1.38. The maximum absolute atomic E-state index is 11.1. The van der Waals surface area contributed by atoms with Gasteiger partial charge in [-0.05, 0) is 73.2 Å². The van der Waals surface area contributed by atoms with E-state index in [-0.39, 0.29) is 6.04 Å². The third-order valence-corrected chi connectivity index (χ3v) is 5.57. The van der Waals surface area contributed by atoms with Gasteiger partial charge >= 0.3 is 0 Å². The molecular formula is C21H29NO.